The van der Waals surface area contributed by atoms with Gasteiger partial charge in [0.2, 0.25) is 5.89 Å². The number of hydrogen-bond acceptors (Lipinski definition) is 5. The quantitative estimate of drug-likeness (QED) is 0.827. The fraction of sp³-hybridized carbons (Fsp3) is 0.429. The molecule has 2 rings (SSSR count). The van der Waals surface area contributed by atoms with Gasteiger partial charge in [-0.25, -0.2) is 4.39 Å². The predicted molar refractivity (Wildman–Crippen MR) is 76.7 cm³/mol. The van der Waals surface area contributed by atoms with Gasteiger partial charge in [-0.3, -0.25) is 0 Å². The molecule has 1 aromatic carbocycles. The topological polar surface area (TPSA) is 64.9 Å². The molecule has 20 heavy (non-hydrogen) atoms. The molecule has 1 heterocycles. The Balaban J connectivity index is 2.02. The van der Waals surface area contributed by atoms with E-state index in [0.29, 0.717) is 22.4 Å². The van der Waals surface area contributed by atoms with E-state index in [-0.39, 0.29) is 5.82 Å². The van der Waals surface area contributed by atoms with Crippen molar-refractivity contribution in [2.24, 2.45) is 5.73 Å². The third-order valence-corrected chi connectivity index (χ3v) is 3.96. The molecule has 0 fully saturated rings. The summed E-state index contributed by atoms with van der Waals surface area (Å²) in [6, 6.07) is 6.62. The minimum atomic E-state index is -0.608. The van der Waals surface area contributed by atoms with Gasteiger partial charge in [0.15, 0.2) is 5.82 Å². The highest BCUT2D eigenvalue weighted by Crippen LogP contribution is 2.26. The Morgan fingerprint density at radius 3 is 2.85 bits per heavy atom. The molecular weight excluding hydrogens is 277 g/mol. The molecule has 1 atom stereocenters. The van der Waals surface area contributed by atoms with E-state index in [9.17, 15) is 4.39 Å². The van der Waals surface area contributed by atoms with Gasteiger partial charge in [0, 0.05) is 4.90 Å². The molecule has 0 aliphatic carbocycles. The fourth-order valence-electron chi connectivity index (χ4n) is 1.87. The van der Waals surface area contributed by atoms with Crippen molar-refractivity contribution in [1.29, 1.82) is 0 Å². The van der Waals surface area contributed by atoms with Gasteiger partial charge in [-0.2, -0.15) is 4.98 Å². The highest BCUT2D eigenvalue weighted by Gasteiger charge is 2.27. The van der Waals surface area contributed by atoms with E-state index in [2.05, 4.69) is 17.1 Å². The van der Waals surface area contributed by atoms with Crippen LogP contribution in [0.4, 0.5) is 4.39 Å². The Bertz CT molecular complexity index is 571. The maximum Gasteiger partial charge on any atom is 0.246 e. The van der Waals surface area contributed by atoms with Crippen molar-refractivity contribution in [1.82, 2.24) is 10.1 Å². The average molecular weight is 295 g/mol. The summed E-state index contributed by atoms with van der Waals surface area (Å²) in [5.41, 5.74) is 5.52. The normalized spacial score (nSPS) is 14.2. The predicted octanol–water partition coefficient (Wildman–Crippen LogP) is 3.48. The zero-order valence-electron chi connectivity index (χ0n) is 11.6. The van der Waals surface area contributed by atoms with Crippen LogP contribution in [0.2, 0.25) is 0 Å². The Labute approximate surface area is 121 Å². The molecule has 2 aromatic rings. The summed E-state index contributed by atoms with van der Waals surface area (Å²) in [5, 5.41) is 3.90. The lowest BCUT2D eigenvalue weighted by Crippen LogP contribution is -2.33. The van der Waals surface area contributed by atoms with Crippen LogP contribution in [0, 0.1) is 5.82 Å². The lowest BCUT2D eigenvalue weighted by atomic mass is 9.98. The minimum Gasteiger partial charge on any atom is -0.337 e. The second kappa shape index (κ2) is 6.37. The van der Waals surface area contributed by atoms with Gasteiger partial charge >= 0.3 is 0 Å². The van der Waals surface area contributed by atoms with E-state index < -0.39 is 5.54 Å². The number of benzene rings is 1. The van der Waals surface area contributed by atoms with E-state index in [0.717, 1.165) is 12.8 Å². The lowest BCUT2D eigenvalue weighted by Gasteiger charge is -2.18. The number of rotatable bonds is 6. The largest absolute Gasteiger partial charge is 0.337 e. The lowest BCUT2D eigenvalue weighted by molar-refractivity contribution is 0.282. The van der Waals surface area contributed by atoms with Gasteiger partial charge in [0.1, 0.15) is 5.82 Å². The number of thioether (sulfide) groups is 1. The van der Waals surface area contributed by atoms with Gasteiger partial charge < -0.3 is 10.3 Å². The van der Waals surface area contributed by atoms with E-state index in [1.165, 1.54) is 17.8 Å². The second-order valence-corrected chi connectivity index (χ2v) is 5.92. The molecule has 0 amide bonds. The summed E-state index contributed by atoms with van der Waals surface area (Å²) in [7, 11) is 0. The number of nitrogens with zero attached hydrogens (tertiary/aromatic N) is 2. The Morgan fingerprint density at radius 1 is 1.40 bits per heavy atom. The van der Waals surface area contributed by atoms with E-state index >= 15 is 0 Å². The van der Waals surface area contributed by atoms with Crippen LogP contribution in [-0.2, 0) is 11.3 Å². The monoisotopic (exact) mass is 295 g/mol. The highest BCUT2D eigenvalue weighted by atomic mass is 32.2. The molecule has 0 spiro atoms. The van der Waals surface area contributed by atoms with Crippen molar-refractivity contribution in [3.8, 4) is 0 Å². The Hall–Kier alpha value is -1.40. The molecule has 2 N–H and O–H groups in total. The maximum absolute atomic E-state index is 13.5. The molecule has 0 saturated carbocycles. The van der Waals surface area contributed by atoms with Crippen LogP contribution in [0.3, 0.4) is 0 Å². The summed E-state index contributed by atoms with van der Waals surface area (Å²) in [6.45, 7) is 3.92. The first-order valence-corrected chi connectivity index (χ1v) is 7.51. The number of aromatic nitrogens is 2. The Morgan fingerprint density at radius 2 is 2.15 bits per heavy atom. The maximum atomic E-state index is 13.5. The summed E-state index contributed by atoms with van der Waals surface area (Å²) in [6.07, 6.45) is 1.71. The molecule has 0 saturated heterocycles. The second-order valence-electron chi connectivity index (χ2n) is 4.90. The molecule has 0 aliphatic heterocycles. The van der Waals surface area contributed by atoms with Crippen LogP contribution in [-0.4, -0.2) is 10.1 Å². The van der Waals surface area contributed by atoms with Crippen molar-refractivity contribution in [2.75, 3.05) is 0 Å². The minimum absolute atomic E-state index is 0.240. The number of hydrogen-bond donors (Lipinski definition) is 1. The molecule has 0 radical (unpaired) electrons. The molecule has 4 nitrogen and oxygen atoms in total. The van der Waals surface area contributed by atoms with E-state index in [1.54, 1.807) is 18.2 Å². The average Bonchev–Trinajstić information content (AvgIpc) is 2.87. The first kappa shape index (κ1) is 15.0. The van der Waals surface area contributed by atoms with Crippen molar-refractivity contribution >= 4 is 11.8 Å². The van der Waals surface area contributed by atoms with Crippen molar-refractivity contribution in [3.05, 3.63) is 41.8 Å². The first-order valence-electron chi connectivity index (χ1n) is 6.52. The zero-order chi connectivity index (χ0) is 14.6. The molecule has 0 aliphatic rings. The molecule has 1 aromatic heterocycles. The van der Waals surface area contributed by atoms with Gasteiger partial charge in [-0.15, -0.1) is 11.8 Å². The van der Waals surface area contributed by atoms with Crippen LogP contribution >= 0.6 is 11.8 Å². The molecular formula is C14H18FN3OS. The van der Waals surface area contributed by atoms with E-state index in [4.69, 9.17) is 10.3 Å². The summed E-state index contributed by atoms with van der Waals surface area (Å²) < 4.78 is 18.7. The molecule has 0 bridgehead atoms. The number of nitrogens with two attached hydrogens (primary N) is 1. The van der Waals surface area contributed by atoms with Crippen LogP contribution < -0.4 is 5.73 Å². The third-order valence-electron chi connectivity index (χ3n) is 2.92. The summed E-state index contributed by atoms with van der Waals surface area (Å²) >= 11 is 1.34. The third kappa shape index (κ3) is 3.58. The summed E-state index contributed by atoms with van der Waals surface area (Å²) in [5.74, 6) is 1.17. The van der Waals surface area contributed by atoms with Gasteiger partial charge in [0.25, 0.3) is 0 Å². The van der Waals surface area contributed by atoms with Crippen molar-refractivity contribution in [2.45, 2.75) is 42.9 Å². The van der Waals surface area contributed by atoms with Crippen LogP contribution in [0.1, 0.15) is 38.4 Å². The zero-order valence-corrected chi connectivity index (χ0v) is 12.4. The first-order chi connectivity index (χ1) is 9.53. The SMILES string of the molecule is CCCC(C)(N)c1nc(CSc2ccccc2F)no1. The highest BCUT2D eigenvalue weighted by molar-refractivity contribution is 7.98. The Kier molecular flexibility index (Phi) is 4.77. The molecule has 108 valence electrons. The van der Waals surface area contributed by atoms with E-state index in [1.807, 2.05) is 6.92 Å². The van der Waals surface area contributed by atoms with Crippen molar-refractivity contribution in [3.63, 3.8) is 0 Å². The molecule has 6 heteroatoms. The van der Waals surface area contributed by atoms with Crippen molar-refractivity contribution < 1.29 is 8.91 Å². The fourth-order valence-corrected chi connectivity index (χ4v) is 2.66. The smallest absolute Gasteiger partial charge is 0.246 e. The van der Waals surface area contributed by atoms with Gasteiger partial charge in [0.05, 0.1) is 11.3 Å². The number of halogens is 1. The summed E-state index contributed by atoms with van der Waals surface area (Å²) in [4.78, 5) is 4.87. The molecule has 1 unspecified atom stereocenters. The van der Waals surface area contributed by atoms with Gasteiger partial charge in [-0.05, 0) is 25.5 Å². The van der Waals surface area contributed by atoms with Crippen LogP contribution in [0.25, 0.3) is 0 Å². The van der Waals surface area contributed by atoms with Gasteiger partial charge in [-0.1, -0.05) is 30.6 Å². The van der Waals surface area contributed by atoms with Crippen LogP contribution in [0.15, 0.2) is 33.7 Å². The van der Waals surface area contributed by atoms with Crippen LogP contribution in [0.5, 0.6) is 0 Å². The standard InChI is InChI=1S/C14H18FN3OS/c1-3-8-14(2,16)13-17-12(18-19-13)9-20-11-7-5-4-6-10(11)15/h4-7H,3,8-9,16H2,1-2H3.